The first-order valence-electron chi connectivity index (χ1n) is 5.14. The molecule has 78 valence electrons. The summed E-state index contributed by atoms with van der Waals surface area (Å²) in [6, 6.07) is 0. The molecule has 2 amide bonds. The van der Waals surface area contributed by atoms with Crippen molar-refractivity contribution in [1.29, 1.82) is 0 Å². The first kappa shape index (κ1) is 9.90. The summed E-state index contributed by atoms with van der Waals surface area (Å²) >= 11 is 0. The summed E-state index contributed by atoms with van der Waals surface area (Å²) in [6.45, 7) is 0.504. The Hall–Kier alpha value is -1.64. The molecule has 0 unspecified atom stereocenters. The van der Waals surface area contributed by atoms with Gasteiger partial charge in [0, 0.05) is 18.7 Å². The van der Waals surface area contributed by atoms with Gasteiger partial charge in [-0.1, -0.05) is 23.8 Å². The van der Waals surface area contributed by atoms with Crippen molar-refractivity contribution in [1.82, 2.24) is 4.90 Å². The van der Waals surface area contributed by atoms with Gasteiger partial charge in [0.15, 0.2) is 0 Å². The second kappa shape index (κ2) is 4.26. The summed E-state index contributed by atoms with van der Waals surface area (Å²) in [5, 5.41) is 0. The molecule has 1 aliphatic carbocycles. The van der Waals surface area contributed by atoms with E-state index in [1.165, 1.54) is 22.6 Å². The monoisotopic (exact) mass is 203 g/mol. The maximum Gasteiger partial charge on any atom is 0.253 e. The predicted molar refractivity (Wildman–Crippen MR) is 56.9 cm³/mol. The molecular weight excluding hydrogens is 190 g/mol. The Balaban J connectivity index is 1.86. The molecule has 0 saturated carbocycles. The fraction of sp³-hybridized carbons (Fsp3) is 0.333. The molecule has 15 heavy (non-hydrogen) atoms. The van der Waals surface area contributed by atoms with Gasteiger partial charge in [0.1, 0.15) is 0 Å². The van der Waals surface area contributed by atoms with Crippen molar-refractivity contribution >= 4 is 11.8 Å². The molecule has 0 aromatic rings. The highest BCUT2D eigenvalue weighted by molar-refractivity contribution is 6.12. The average Bonchev–Trinajstić information content (AvgIpc) is 2.58. The number of nitrogens with zero attached hydrogens (tertiary/aromatic N) is 1. The number of carbonyl (C=O) groups is 2. The van der Waals surface area contributed by atoms with Crippen molar-refractivity contribution in [2.75, 3.05) is 6.54 Å². The number of hydrogen-bond acceptors (Lipinski definition) is 2. The van der Waals surface area contributed by atoms with Crippen LogP contribution in [0, 0.1) is 0 Å². The summed E-state index contributed by atoms with van der Waals surface area (Å²) in [5.74, 6) is -0.376. The molecule has 0 radical (unpaired) electrons. The molecule has 0 atom stereocenters. The number of imide groups is 1. The maximum atomic E-state index is 11.2. The maximum absolute atomic E-state index is 11.2. The van der Waals surface area contributed by atoms with E-state index in [0.29, 0.717) is 6.54 Å². The Labute approximate surface area is 88.8 Å². The van der Waals surface area contributed by atoms with Crippen LogP contribution in [-0.4, -0.2) is 23.3 Å². The second-order valence-electron chi connectivity index (χ2n) is 3.69. The standard InChI is InChI=1S/C12H13NO2/c14-11-6-7-12(15)13(11)9-8-10-4-2-1-3-5-10/h1-2,5-7H,3-4,8-9H2. The van der Waals surface area contributed by atoms with Crippen LogP contribution < -0.4 is 0 Å². The smallest absolute Gasteiger partial charge is 0.253 e. The van der Waals surface area contributed by atoms with Crippen LogP contribution in [-0.2, 0) is 9.59 Å². The van der Waals surface area contributed by atoms with Gasteiger partial charge in [0.05, 0.1) is 0 Å². The summed E-state index contributed by atoms with van der Waals surface area (Å²) in [5.41, 5.74) is 1.31. The number of amides is 2. The topological polar surface area (TPSA) is 37.4 Å². The molecule has 0 spiro atoms. The molecule has 3 heteroatoms. The highest BCUT2D eigenvalue weighted by atomic mass is 16.2. The van der Waals surface area contributed by atoms with Crippen LogP contribution in [0.15, 0.2) is 36.0 Å². The van der Waals surface area contributed by atoms with E-state index >= 15 is 0 Å². The third-order valence-corrected chi connectivity index (χ3v) is 2.65. The van der Waals surface area contributed by atoms with Crippen molar-refractivity contribution in [3.05, 3.63) is 36.0 Å². The van der Waals surface area contributed by atoms with E-state index in [1.54, 1.807) is 0 Å². The zero-order chi connectivity index (χ0) is 10.7. The van der Waals surface area contributed by atoms with Crippen molar-refractivity contribution in [2.45, 2.75) is 19.3 Å². The summed E-state index contributed by atoms with van der Waals surface area (Å²) in [7, 11) is 0. The molecule has 0 aromatic heterocycles. The van der Waals surface area contributed by atoms with E-state index in [0.717, 1.165) is 19.3 Å². The number of rotatable bonds is 3. The lowest BCUT2D eigenvalue weighted by molar-refractivity contribution is -0.136. The van der Waals surface area contributed by atoms with Crippen LogP contribution in [0.4, 0.5) is 0 Å². The Kier molecular flexibility index (Phi) is 2.81. The first-order valence-corrected chi connectivity index (χ1v) is 5.14. The third-order valence-electron chi connectivity index (χ3n) is 2.65. The quantitative estimate of drug-likeness (QED) is 0.516. The molecule has 1 heterocycles. The molecule has 3 nitrogen and oxygen atoms in total. The van der Waals surface area contributed by atoms with Crippen molar-refractivity contribution < 1.29 is 9.59 Å². The van der Waals surface area contributed by atoms with Gasteiger partial charge in [-0.3, -0.25) is 14.5 Å². The molecule has 0 fully saturated rings. The minimum atomic E-state index is -0.188. The number of carbonyl (C=O) groups excluding carboxylic acids is 2. The van der Waals surface area contributed by atoms with Gasteiger partial charge >= 0.3 is 0 Å². The minimum absolute atomic E-state index is 0.188. The molecule has 2 aliphatic rings. The number of allylic oxidation sites excluding steroid dienone is 3. The highest BCUT2D eigenvalue weighted by Crippen LogP contribution is 2.16. The molecule has 2 rings (SSSR count). The largest absolute Gasteiger partial charge is 0.275 e. The third kappa shape index (κ3) is 2.24. The fourth-order valence-electron chi connectivity index (χ4n) is 1.76. The van der Waals surface area contributed by atoms with E-state index in [9.17, 15) is 9.59 Å². The molecule has 1 aliphatic heterocycles. The lowest BCUT2D eigenvalue weighted by Crippen LogP contribution is -2.31. The Bertz CT molecular complexity index is 359. The summed E-state index contributed by atoms with van der Waals surface area (Å²) in [4.78, 5) is 23.8. The van der Waals surface area contributed by atoms with E-state index in [2.05, 4.69) is 18.2 Å². The molecule has 0 saturated heterocycles. The van der Waals surface area contributed by atoms with Gasteiger partial charge < -0.3 is 0 Å². The molecule has 0 aromatic carbocycles. The van der Waals surface area contributed by atoms with Gasteiger partial charge in [-0.25, -0.2) is 0 Å². The predicted octanol–water partition coefficient (Wildman–Crippen LogP) is 1.58. The van der Waals surface area contributed by atoms with E-state index in [-0.39, 0.29) is 11.8 Å². The molecular formula is C12H13NO2. The Morgan fingerprint density at radius 1 is 1.13 bits per heavy atom. The Morgan fingerprint density at radius 3 is 2.47 bits per heavy atom. The second-order valence-corrected chi connectivity index (χ2v) is 3.69. The summed E-state index contributed by atoms with van der Waals surface area (Å²) in [6.07, 6.45) is 11.8. The van der Waals surface area contributed by atoms with Gasteiger partial charge in [0.2, 0.25) is 0 Å². The van der Waals surface area contributed by atoms with Crippen molar-refractivity contribution in [3.8, 4) is 0 Å². The van der Waals surface area contributed by atoms with Gasteiger partial charge in [-0.05, 0) is 19.3 Å². The lowest BCUT2D eigenvalue weighted by Gasteiger charge is -2.15. The van der Waals surface area contributed by atoms with Crippen LogP contribution in [0.25, 0.3) is 0 Å². The van der Waals surface area contributed by atoms with Crippen LogP contribution in [0.2, 0.25) is 0 Å². The highest BCUT2D eigenvalue weighted by Gasteiger charge is 2.22. The van der Waals surface area contributed by atoms with Gasteiger partial charge in [-0.15, -0.1) is 0 Å². The average molecular weight is 203 g/mol. The van der Waals surface area contributed by atoms with E-state index in [4.69, 9.17) is 0 Å². The summed E-state index contributed by atoms with van der Waals surface area (Å²) < 4.78 is 0. The fourth-order valence-corrected chi connectivity index (χ4v) is 1.76. The van der Waals surface area contributed by atoms with Gasteiger partial charge in [-0.2, -0.15) is 0 Å². The number of hydrogen-bond donors (Lipinski definition) is 0. The molecule has 0 bridgehead atoms. The molecule has 0 N–H and O–H groups in total. The lowest BCUT2D eigenvalue weighted by atomic mass is 10.0. The zero-order valence-electron chi connectivity index (χ0n) is 8.48. The first-order chi connectivity index (χ1) is 7.27. The van der Waals surface area contributed by atoms with E-state index < -0.39 is 0 Å². The van der Waals surface area contributed by atoms with Crippen molar-refractivity contribution in [2.24, 2.45) is 0 Å². The van der Waals surface area contributed by atoms with Crippen molar-refractivity contribution in [3.63, 3.8) is 0 Å². The normalized spacial score (nSPS) is 20.0. The van der Waals surface area contributed by atoms with Gasteiger partial charge in [0.25, 0.3) is 11.8 Å². The SMILES string of the molecule is O=C1C=CC(=O)N1CCC1=CCC=CC1. The minimum Gasteiger partial charge on any atom is -0.275 e. The Morgan fingerprint density at radius 2 is 1.87 bits per heavy atom. The van der Waals surface area contributed by atoms with Crippen LogP contribution >= 0.6 is 0 Å². The van der Waals surface area contributed by atoms with Crippen LogP contribution in [0.3, 0.4) is 0 Å². The van der Waals surface area contributed by atoms with Crippen LogP contribution in [0.5, 0.6) is 0 Å². The van der Waals surface area contributed by atoms with E-state index in [1.807, 2.05) is 0 Å². The van der Waals surface area contributed by atoms with Crippen LogP contribution in [0.1, 0.15) is 19.3 Å². The zero-order valence-corrected chi connectivity index (χ0v) is 8.48.